The lowest BCUT2D eigenvalue weighted by molar-refractivity contribution is 0.733. The van der Waals surface area contributed by atoms with Crippen LogP contribution >= 0.6 is 0 Å². The van der Waals surface area contributed by atoms with Gasteiger partial charge in [0.1, 0.15) is 0 Å². The fraction of sp³-hybridized carbons (Fsp3) is 0.152. The van der Waals surface area contributed by atoms with Crippen molar-refractivity contribution in [3.8, 4) is 22.3 Å². The van der Waals surface area contributed by atoms with Crippen LogP contribution in [0.3, 0.4) is 0 Å². The molecule has 0 N–H and O–H groups in total. The molecule has 0 fully saturated rings. The second-order valence-electron chi connectivity index (χ2n) is 19.0. The van der Waals surface area contributed by atoms with Crippen molar-refractivity contribution in [1.82, 2.24) is 0 Å². The van der Waals surface area contributed by atoms with Crippen molar-refractivity contribution in [3.63, 3.8) is 0 Å². The molecule has 68 heavy (non-hydrogen) atoms. The van der Waals surface area contributed by atoms with Gasteiger partial charge in [0, 0.05) is 34.1 Å². The van der Waals surface area contributed by atoms with Crippen LogP contribution < -0.4 is 9.80 Å². The Hall–Kier alpha value is -7.68. The number of hydrogen-bond acceptors (Lipinski definition) is 2. The average molecular weight is 879 g/mol. The molecular weight excluding hydrogens is 821 g/mol. The maximum atomic E-state index is 2.37. The second-order valence-corrected chi connectivity index (χ2v) is 19.0. The largest absolute Gasteiger partial charge is 0.311 e. The van der Waals surface area contributed by atoms with Crippen molar-refractivity contribution >= 4 is 77.2 Å². The first-order valence-corrected chi connectivity index (χ1v) is 24.5. The van der Waals surface area contributed by atoms with E-state index in [4.69, 9.17) is 0 Å². The minimum Gasteiger partial charge on any atom is -0.311 e. The van der Waals surface area contributed by atoms with Gasteiger partial charge in [-0.2, -0.15) is 0 Å². The minimum absolute atomic E-state index is 0.534. The molecule has 0 aliphatic heterocycles. The average Bonchev–Trinajstić information content (AvgIpc) is 3.39. The van der Waals surface area contributed by atoms with Crippen LogP contribution in [-0.2, 0) is 0 Å². The summed E-state index contributed by atoms with van der Waals surface area (Å²) >= 11 is 0. The highest BCUT2D eigenvalue weighted by Crippen LogP contribution is 2.46. The first kappa shape index (κ1) is 42.9. The molecule has 0 radical (unpaired) electrons. The normalized spacial score (nSPS) is 12.6. The number of nitrogens with zero attached hydrogens (tertiary/aromatic N) is 2. The zero-order valence-electron chi connectivity index (χ0n) is 40.1. The van der Waals surface area contributed by atoms with Crippen LogP contribution in [0.15, 0.2) is 206 Å². The first-order chi connectivity index (χ1) is 33.3. The minimum atomic E-state index is 0.534. The molecule has 11 aromatic rings. The summed E-state index contributed by atoms with van der Waals surface area (Å²) in [6.07, 6.45) is 2.26. The van der Waals surface area contributed by atoms with Crippen LogP contribution in [0.25, 0.3) is 65.3 Å². The third-order valence-electron chi connectivity index (χ3n) is 14.8. The fourth-order valence-electron chi connectivity index (χ4n) is 10.5. The van der Waals surface area contributed by atoms with E-state index in [9.17, 15) is 0 Å². The molecule has 2 nitrogen and oxygen atoms in total. The molecule has 11 aromatic carbocycles. The van der Waals surface area contributed by atoms with E-state index >= 15 is 0 Å². The van der Waals surface area contributed by atoms with Gasteiger partial charge < -0.3 is 9.80 Å². The molecule has 0 aromatic heterocycles. The van der Waals surface area contributed by atoms with Crippen molar-refractivity contribution in [1.29, 1.82) is 0 Å². The highest BCUT2D eigenvalue weighted by molar-refractivity contribution is 6.35. The zero-order valence-corrected chi connectivity index (χ0v) is 40.1. The fourth-order valence-corrected chi connectivity index (χ4v) is 10.5. The van der Waals surface area contributed by atoms with Crippen LogP contribution in [0.4, 0.5) is 34.1 Å². The van der Waals surface area contributed by atoms with E-state index in [1.165, 1.54) is 87.6 Å². The highest BCUT2D eigenvalue weighted by Gasteiger charge is 2.20. The predicted octanol–water partition coefficient (Wildman–Crippen LogP) is 19.7. The summed E-state index contributed by atoms with van der Waals surface area (Å²) in [5, 5.41) is 10.4. The summed E-state index contributed by atoms with van der Waals surface area (Å²) in [4.78, 5) is 4.74. The maximum absolute atomic E-state index is 2.37. The monoisotopic (exact) mass is 878 g/mol. The summed E-state index contributed by atoms with van der Waals surface area (Å²) in [5.74, 6) is 1.07. The summed E-state index contributed by atoms with van der Waals surface area (Å²) in [7, 11) is 0. The van der Waals surface area contributed by atoms with E-state index in [1.54, 1.807) is 0 Å². The van der Waals surface area contributed by atoms with E-state index in [1.807, 2.05) is 0 Å². The molecule has 0 bridgehead atoms. The van der Waals surface area contributed by atoms with E-state index in [-0.39, 0.29) is 0 Å². The molecule has 332 valence electrons. The van der Waals surface area contributed by atoms with Crippen molar-refractivity contribution in [2.24, 2.45) is 0 Å². The molecule has 2 unspecified atom stereocenters. The van der Waals surface area contributed by atoms with E-state index in [0.29, 0.717) is 11.8 Å². The summed E-state index contributed by atoms with van der Waals surface area (Å²) in [6.45, 7) is 13.4. The lowest BCUT2D eigenvalue weighted by Crippen LogP contribution is -2.10. The van der Waals surface area contributed by atoms with Crippen molar-refractivity contribution in [2.75, 3.05) is 9.80 Å². The second kappa shape index (κ2) is 17.8. The molecule has 0 heterocycles. The third-order valence-corrected chi connectivity index (χ3v) is 14.8. The summed E-state index contributed by atoms with van der Waals surface area (Å²) in [6, 6.07) is 77.4. The lowest BCUT2D eigenvalue weighted by atomic mass is 9.85. The molecule has 0 amide bonds. The quantitative estimate of drug-likeness (QED) is 0.0891. The zero-order chi connectivity index (χ0) is 46.5. The van der Waals surface area contributed by atoms with E-state index in [2.05, 4.69) is 258 Å². The highest BCUT2D eigenvalue weighted by atomic mass is 15.1. The molecule has 11 rings (SSSR count). The topological polar surface area (TPSA) is 6.48 Å². The molecule has 0 saturated heterocycles. The Bertz CT molecular complexity index is 3270. The Kier molecular flexibility index (Phi) is 11.3. The van der Waals surface area contributed by atoms with Gasteiger partial charge in [0.25, 0.3) is 0 Å². The standard InChI is InChI=1S/C66H58N2/c1-7-45(5)47-19-31-53(32-20-47)67(51-27-15-43(3)16-28-51)55-35-23-49(24-36-55)57-39-41-63-64-42-40-58(60-12-10-14-62(66(60)64)61-13-9-11-59(57)65(61)63)50-25-37-56(38-26-50)68(52-29-17-44(4)18-30-52)54-33-21-48(22-34-54)46(6)8-2/h9-42,45-46H,7-8H2,1-6H3. The number of aryl methyl sites for hydroxylation is 2. The van der Waals surface area contributed by atoms with Gasteiger partial charge in [-0.25, -0.2) is 0 Å². The van der Waals surface area contributed by atoms with Crippen molar-refractivity contribution in [2.45, 2.75) is 66.2 Å². The van der Waals surface area contributed by atoms with Crippen LogP contribution in [0.2, 0.25) is 0 Å². The van der Waals surface area contributed by atoms with Gasteiger partial charge in [-0.05, 0) is 188 Å². The molecule has 2 atom stereocenters. The Balaban J connectivity index is 0.963. The lowest BCUT2D eigenvalue weighted by Gasteiger charge is -2.26. The third kappa shape index (κ3) is 7.64. The smallest absolute Gasteiger partial charge is 0.0462 e. The van der Waals surface area contributed by atoms with Crippen LogP contribution in [-0.4, -0.2) is 0 Å². The SMILES string of the molecule is CCC(C)c1ccc(N(c2ccc(C)cc2)c2ccc(-c3ccc4c5ccc(-c6ccc(N(c7ccc(C)cc7)c7ccc(C(C)CC)cc7)cc6)c6cccc(c7cccc3c74)c65)cc2)cc1. The van der Waals surface area contributed by atoms with Gasteiger partial charge in [0.2, 0.25) is 0 Å². The van der Waals surface area contributed by atoms with Gasteiger partial charge in [0.05, 0.1) is 0 Å². The maximum Gasteiger partial charge on any atom is 0.0462 e. The summed E-state index contributed by atoms with van der Waals surface area (Å²) < 4.78 is 0. The van der Waals surface area contributed by atoms with Gasteiger partial charge in [-0.15, -0.1) is 0 Å². The van der Waals surface area contributed by atoms with Crippen molar-refractivity contribution in [3.05, 3.63) is 229 Å². The van der Waals surface area contributed by atoms with Crippen molar-refractivity contribution < 1.29 is 0 Å². The number of hydrogen-bond donors (Lipinski definition) is 0. The number of benzene rings is 11. The Labute approximate surface area is 402 Å². The number of fused-ring (bicyclic) bond motifs is 2. The first-order valence-electron chi connectivity index (χ1n) is 24.5. The molecular formula is C66H58N2. The molecule has 0 aliphatic carbocycles. The predicted molar refractivity (Wildman–Crippen MR) is 295 cm³/mol. The van der Waals surface area contributed by atoms with Gasteiger partial charge in [-0.3, -0.25) is 0 Å². The van der Waals surface area contributed by atoms with E-state index < -0.39 is 0 Å². The number of rotatable bonds is 12. The Morgan fingerprint density at radius 1 is 0.309 bits per heavy atom. The van der Waals surface area contributed by atoms with E-state index in [0.717, 1.165) is 47.0 Å². The molecule has 0 spiro atoms. The molecule has 0 saturated carbocycles. The molecule has 0 aliphatic rings. The van der Waals surface area contributed by atoms with Gasteiger partial charge in [0.15, 0.2) is 0 Å². The Morgan fingerprint density at radius 3 is 0.912 bits per heavy atom. The molecule has 2 heteroatoms. The van der Waals surface area contributed by atoms with Gasteiger partial charge >= 0.3 is 0 Å². The Morgan fingerprint density at radius 2 is 0.588 bits per heavy atom. The van der Waals surface area contributed by atoms with Gasteiger partial charge in [-0.1, -0.05) is 172 Å². The summed E-state index contributed by atoms with van der Waals surface area (Å²) in [5.41, 5.74) is 17.1. The van der Waals surface area contributed by atoms with Crippen LogP contribution in [0.1, 0.15) is 74.6 Å². The number of anilines is 6. The van der Waals surface area contributed by atoms with Crippen LogP contribution in [0.5, 0.6) is 0 Å². The van der Waals surface area contributed by atoms with Crippen LogP contribution in [0, 0.1) is 13.8 Å².